The molecule has 2 aromatic heterocycles. The van der Waals surface area contributed by atoms with Crippen LogP contribution in [0.4, 0.5) is 24.7 Å². The largest absolute Gasteiger partial charge is 0.461 e. The predicted molar refractivity (Wildman–Crippen MR) is 168 cm³/mol. The molecule has 0 spiro atoms. The number of halogens is 4. The summed E-state index contributed by atoms with van der Waals surface area (Å²) in [5.41, 5.74) is 8.32. The summed E-state index contributed by atoms with van der Waals surface area (Å²) in [6, 6.07) is 2.57. The van der Waals surface area contributed by atoms with Crippen molar-refractivity contribution < 1.29 is 27.4 Å². The van der Waals surface area contributed by atoms with E-state index in [1.54, 1.807) is 14.1 Å². The van der Waals surface area contributed by atoms with Gasteiger partial charge in [0.05, 0.1) is 46.8 Å². The van der Waals surface area contributed by atoms with E-state index in [0.717, 1.165) is 56.1 Å². The van der Waals surface area contributed by atoms with E-state index in [9.17, 15) is 18.0 Å². The van der Waals surface area contributed by atoms with Crippen molar-refractivity contribution in [3.05, 3.63) is 56.5 Å². The number of hydrogen-bond donors (Lipinski definition) is 1. The lowest BCUT2D eigenvalue weighted by atomic mass is 9.86. The molecule has 47 heavy (non-hydrogen) atoms. The van der Waals surface area contributed by atoms with Gasteiger partial charge in [-0.05, 0) is 56.8 Å². The quantitative estimate of drug-likeness (QED) is 0.369. The third kappa shape index (κ3) is 5.67. The van der Waals surface area contributed by atoms with Crippen molar-refractivity contribution in [1.82, 2.24) is 29.5 Å². The van der Waals surface area contributed by atoms with Crippen LogP contribution in [0.15, 0.2) is 12.1 Å². The Morgan fingerprint density at radius 1 is 1.17 bits per heavy atom. The molecular formula is C32H38ClF3N8O3. The molecular weight excluding hydrogens is 637 g/mol. The lowest BCUT2D eigenvalue weighted by molar-refractivity contribution is -0.139. The second kappa shape index (κ2) is 11.8. The van der Waals surface area contributed by atoms with Gasteiger partial charge in [0.2, 0.25) is 0 Å². The molecule has 4 aliphatic heterocycles. The van der Waals surface area contributed by atoms with Gasteiger partial charge in [-0.15, -0.1) is 0 Å². The fraction of sp³-hybridized carbons (Fsp3) is 0.562. The average Bonchev–Trinajstić information content (AvgIpc) is 3.36. The first-order chi connectivity index (χ1) is 22.3. The number of aromatic nitrogens is 4. The summed E-state index contributed by atoms with van der Waals surface area (Å²) in [5, 5.41) is 4.17. The first kappa shape index (κ1) is 32.0. The van der Waals surface area contributed by atoms with Gasteiger partial charge in [-0.3, -0.25) is 14.4 Å². The molecule has 7 rings (SSSR count). The van der Waals surface area contributed by atoms with Crippen LogP contribution in [-0.4, -0.2) is 81.3 Å². The van der Waals surface area contributed by atoms with Gasteiger partial charge in [0, 0.05) is 57.0 Å². The third-order valence-electron chi connectivity index (χ3n) is 10.1. The first-order valence-corrected chi connectivity index (χ1v) is 16.3. The van der Waals surface area contributed by atoms with Gasteiger partial charge in [0.1, 0.15) is 12.4 Å². The zero-order valence-electron chi connectivity index (χ0n) is 26.7. The maximum absolute atomic E-state index is 14.2. The van der Waals surface area contributed by atoms with Crippen LogP contribution < -0.4 is 15.4 Å². The van der Waals surface area contributed by atoms with Gasteiger partial charge in [-0.1, -0.05) is 11.6 Å². The van der Waals surface area contributed by atoms with Crippen LogP contribution in [0.1, 0.15) is 75.9 Å². The number of carbonyl (C=O) groups excluding carboxylic acids is 1. The molecule has 15 heteroatoms. The van der Waals surface area contributed by atoms with E-state index in [1.807, 2.05) is 11.6 Å². The van der Waals surface area contributed by atoms with Crippen LogP contribution in [0.3, 0.4) is 0 Å². The Bertz CT molecular complexity index is 1730. The van der Waals surface area contributed by atoms with E-state index in [1.165, 1.54) is 11.0 Å². The van der Waals surface area contributed by atoms with E-state index in [4.69, 9.17) is 36.8 Å². The van der Waals surface area contributed by atoms with Crippen molar-refractivity contribution in [3.63, 3.8) is 0 Å². The number of ether oxygens (including phenoxy) is 2. The predicted octanol–water partition coefficient (Wildman–Crippen LogP) is 4.78. The van der Waals surface area contributed by atoms with Crippen molar-refractivity contribution >= 4 is 29.0 Å². The molecule has 2 fully saturated rings. The average molecular weight is 675 g/mol. The highest BCUT2D eigenvalue weighted by atomic mass is 35.5. The Morgan fingerprint density at radius 3 is 2.68 bits per heavy atom. The van der Waals surface area contributed by atoms with Crippen LogP contribution in [0.5, 0.6) is 6.01 Å². The molecule has 2 unspecified atom stereocenters. The Morgan fingerprint density at radius 2 is 1.98 bits per heavy atom. The van der Waals surface area contributed by atoms with Crippen LogP contribution in [0.25, 0.3) is 0 Å². The number of anilines is 2. The molecule has 3 aromatic rings. The highest BCUT2D eigenvalue weighted by Crippen LogP contribution is 2.45. The van der Waals surface area contributed by atoms with Gasteiger partial charge in [0.15, 0.2) is 5.69 Å². The van der Waals surface area contributed by atoms with Crippen LogP contribution >= 0.6 is 11.6 Å². The van der Waals surface area contributed by atoms with E-state index < -0.39 is 22.9 Å². The number of nitrogens with zero attached hydrogens (tertiary/aromatic N) is 7. The summed E-state index contributed by atoms with van der Waals surface area (Å²) in [5.74, 6) is 0.439. The minimum Gasteiger partial charge on any atom is -0.461 e. The number of carbonyl (C=O) groups is 1. The van der Waals surface area contributed by atoms with Crippen LogP contribution in [0.2, 0.25) is 5.02 Å². The highest BCUT2D eigenvalue weighted by Gasteiger charge is 2.48. The molecule has 2 N–H and O–H groups in total. The molecule has 252 valence electrons. The monoisotopic (exact) mass is 674 g/mol. The zero-order chi connectivity index (χ0) is 33.2. The van der Waals surface area contributed by atoms with Crippen molar-refractivity contribution in [2.24, 2.45) is 0 Å². The second-order valence-electron chi connectivity index (χ2n) is 13.2. The van der Waals surface area contributed by atoms with Gasteiger partial charge in [-0.25, -0.2) is 0 Å². The maximum atomic E-state index is 14.2. The van der Waals surface area contributed by atoms with Gasteiger partial charge < -0.3 is 25.0 Å². The van der Waals surface area contributed by atoms with Crippen LogP contribution in [-0.2, 0) is 37.0 Å². The van der Waals surface area contributed by atoms with Crippen molar-refractivity contribution in [3.8, 4) is 6.01 Å². The summed E-state index contributed by atoms with van der Waals surface area (Å²) >= 11 is 6.09. The Balaban J connectivity index is 1.26. The third-order valence-corrected chi connectivity index (χ3v) is 10.4. The Kier molecular flexibility index (Phi) is 8.03. The number of nitrogens with two attached hydrogens (primary N) is 1. The molecule has 11 nitrogen and oxygen atoms in total. The molecule has 0 saturated carbocycles. The molecule has 4 aliphatic rings. The summed E-state index contributed by atoms with van der Waals surface area (Å²) in [6.07, 6.45) is -1.71. The topological polar surface area (TPSA) is 115 Å². The molecule has 2 saturated heterocycles. The number of alkyl halides is 3. The minimum atomic E-state index is -4.70. The maximum Gasteiger partial charge on any atom is 0.418 e. The number of nitrogen functional groups attached to an aromatic ring is 1. The second-order valence-corrected chi connectivity index (χ2v) is 13.6. The normalized spacial score (nSPS) is 22.6. The van der Waals surface area contributed by atoms with E-state index in [2.05, 4.69) is 14.9 Å². The highest BCUT2D eigenvalue weighted by molar-refractivity contribution is 6.31. The van der Waals surface area contributed by atoms with E-state index in [0.29, 0.717) is 49.0 Å². The van der Waals surface area contributed by atoms with Crippen molar-refractivity contribution in [1.29, 1.82) is 0 Å². The number of hydrogen-bond acceptors (Lipinski definition) is 9. The van der Waals surface area contributed by atoms with Gasteiger partial charge in [-0.2, -0.15) is 28.2 Å². The Labute approximate surface area is 275 Å². The van der Waals surface area contributed by atoms with Crippen molar-refractivity contribution in [2.45, 2.75) is 76.5 Å². The number of fused-ring (bicyclic) bond motifs is 3. The van der Waals surface area contributed by atoms with Gasteiger partial charge >= 0.3 is 12.2 Å². The summed E-state index contributed by atoms with van der Waals surface area (Å²) in [4.78, 5) is 28.6. The number of aryl methyl sites for hydroxylation is 1. The summed E-state index contributed by atoms with van der Waals surface area (Å²) in [6.45, 7) is 6.09. The number of amides is 1. The number of benzene rings is 1. The molecule has 1 aromatic carbocycles. The lowest BCUT2D eigenvalue weighted by Gasteiger charge is -2.47. The minimum absolute atomic E-state index is 0.0177. The number of rotatable bonds is 6. The summed E-state index contributed by atoms with van der Waals surface area (Å²) in [7, 11) is 3.40. The molecule has 1 amide bonds. The van der Waals surface area contributed by atoms with Crippen LogP contribution in [0, 0.1) is 6.92 Å². The van der Waals surface area contributed by atoms with E-state index >= 15 is 0 Å². The molecule has 6 heterocycles. The first-order valence-electron chi connectivity index (χ1n) is 15.9. The molecule has 0 bridgehead atoms. The smallest absolute Gasteiger partial charge is 0.418 e. The summed E-state index contributed by atoms with van der Waals surface area (Å²) < 4.78 is 57.0. The SMILES string of the molecule is Cc1c(C(=O)N(C)C)nn2c1CN(c1nc(OCC34CCCN3CC4)nc3c1COC(c1cc(N)cc(Cl)c1C(F)(F)F)C3)CCC2. The molecule has 2 atom stereocenters. The fourth-order valence-corrected chi connectivity index (χ4v) is 7.79. The Hall–Kier alpha value is -3.62. The fourth-order valence-electron chi connectivity index (χ4n) is 7.45. The molecule has 0 radical (unpaired) electrons. The zero-order valence-corrected chi connectivity index (χ0v) is 27.4. The standard InChI is InChI=1S/C32H38ClF3N8O3/c1-18-24-15-42(8-5-10-44(24)40-27(18)29(45)41(2)3)28-21-16-46-25(20-12-19(37)13-22(33)26(20)32(34,35)36)14-23(21)38-30(39-28)47-17-31-6-4-9-43(31)11-7-31/h12-13,25H,4-11,14-17,37H2,1-3H3. The van der Waals surface area contributed by atoms with Gasteiger partial charge in [0.25, 0.3) is 5.91 Å². The lowest BCUT2D eigenvalue weighted by Crippen LogP contribution is -2.59. The molecule has 0 aliphatic carbocycles. The van der Waals surface area contributed by atoms with Crippen molar-refractivity contribution in [2.75, 3.05) is 51.0 Å². The van der Waals surface area contributed by atoms with E-state index in [-0.39, 0.29) is 41.7 Å².